The topological polar surface area (TPSA) is 66.9 Å². The van der Waals surface area contributed by atoms with Crippen molar-refractivity contribution >= 4 is 33.2 Å². The van der Waals surface area contributed by atoms with E-state index in [2.05, 4.69) is 36.5 Å². The van der Waals surface area contributed by atoms with Crippen molar-refractivity contribution in [1.29, 1.82) is 0 Å². The maximum atomic E-state index is 12.3. The molecule has 126 valence electrons. The highest BCUT2D eigenvalue weighted by Crippen LogP contribution is 2.23. The van der Waals surface area contributed by atoms with Crippen LogP contribution in [-0.2, 0) is 6.54 Å². The Labute approximate surface area is 154 Å². The number of halogens is 1. The summed E-state index contributed by atoms with van der Waals surface area (Å²) in [7, 11) is 0. The number of hydrogen-bond donors (Lipinski definition) is 2. The highest BCUT2D eigenvalue weighted by atomic mass is 79.9. The van der Waals surface area contributed by atoms with E-state index in [-0.39, 0.29) is 5.91 Å². The van der Waals surface area contributed by atoms with E-state index in [1.807, 2.05) is 43.3 Å². The van der Waals surface area contributed by atoms with Crippen molar-refractivity contribution in [2.45, 2.75) is 13.5 Å². The SMILES string of the molecule is Cc1ccc(Nc2cncc(C(=O)NCc3ccccn3)c2)cc1Br. The van der Waals surface area contributed by atoms with Gasteiger partial charge in [-0.2, -0.15) is 0 Å². The molecule has 0 aliphatic rings. The average Bonchev–Trinajstić information content (AvgIpc) is 2.64. The molecule has 0 fully saturated rings. The van der Waals surface area contributed by atoms with Crippen LogP contribution in [0.25, 0.3) is 0 Å². The summed E-state index contributed by atoms with van der Waals surface area (Å²) in [6.07, 6.45) is 4.93. The van der Waals surface area contributed by atoms with Gasteiger partial charge in [0.15, 0.2) is 0 Å². The van der Waals surface area contributed by atoms with Gasteiger partial charge >= 0.3 is 0 Å². The average molecular weight is 397 g/mol. The number of nitrogens with zero attached hydrogens (tertiary/aromatic N) is 2. The Balaban J connectivity index is 1.68. The summed E-state index contributed by atoms with van der Waals surface area (Å²) in [6, 6.07) is 13.4. The molecule has 2 aromatic heterocycles. The first-order valence-electron chi connectivity index (χ1n) is 7.78. The van der Waals surface area contributed by atoms with E-state index in [9.17, 15) is 4.79 Å². The number of carbonyl (C=O) groups excluding carboxylic acids is 1. The number of aromatic nitrogens is 2. The first-order valence-corrected chi connectivity index (χ1v) is 8.57. The Kier molecular flexibility index (Phi) is 5.40. The third-order valence-corrected chi connectivity index (χ3v) is 4.47. The highest BCUT2D eigenvalue weighted by molar-refractivity contribution is 9.10. The molecule has 0 unspecified atom stereocenters. The van der Waals surface area contributed by atoms with Crippen molar-refractivity contribution in [3.8, 4) is 0 Å². The minimum absolute atomic E-state index is 0.188. The number of anilines is 2. The van der Waals surface area contributed by atoms with Crippen LogP contribution in [0.2, 0.25) is 0 Å². The third-order valence-electron chi connectivity index (χ3n) is 3.62. The van der Waals surface area contributed by atoms with Crippen LogP contribution in [0.15, 0.2) is 65.5 Å². The van der Waals surface area contributed by atoms with Gasteiger partial charge in [0.25, 0.3) is 5.91 Å². The molecule has 0 aliphatic heterocycles. The number of aryl methyl sites for hydroxylation is 1. The molecule has 6 heteroatoms. The van der Waals surface area contributed by atoms with Crippen LogP contribution in [0.5, 0.6) is 0 Å². The number of hydrogen-bond acceptors (Lipinski definition) is 4. The smallest absolute Gasteiger partial charge is 0.253 e. The second kappa shape index (κ2) is 7.90. The number of rotatable bonds is 5. The molecule has 5 nitrogen and oxygen atoms in total. The molecule has 0 atom stereocenters. The van der Waals surface area contributed by atoms with Gasteiger partial charge in [0, 0.05) is 22.6 Å². The maximum Gasteiger partial charge on any atom is 0.253 e. The van der Waals surface area contributed by atoms with Gasteiger partial charge in [0.2, 0.25) is 0 Å². The molecule has 2 heterocycles. The molecule has 3 rings (SSSR count). The number of carbonyl (C=O) groups is 1. The number of amides is 1. The second-order valence-electron chi connectivity index (χ2n) is 5.56. The second-order valence-corrected chi connectivity index (χ2v) is 6.41. The normalized spacial score (nSPS) is 10.3. The van der Waals surface area contributed by atoms with E-state index in [0.717, 1.165) is 27.1 Å². The molecule has 0 saturated heterocycles. The minimum Gasteiger partial charge on any atom is -0.354 e. The minimum atomic E-state index is -0.188. The summed E-state index contributed by atoms with van der Waals surface area (Å²) in [5.74, 6) is -0.188. The molecule has 0 bridgehead atoms. The molecule has 3 aromatic rings. The van der Waals surface area contributed by atoms with E-state index < -0.39 is 0 Å². The Morgan fingerprint density at radius 1 is 1.12 bits per heavy atom. The lowest BCUT2D eigenvalue weighted by Gasteiger charge is -2.09. The Morgan fingerprint density at radius 3 is 2.76 bits per heavy atom. The van der Waals surface area contributed by atoms with Crippen LogP contribution >= 0.6 is 15.9 Å². The predicted octanol–water partition coefficient (Wildman–Crippen LogP) is 4.22. The van der Waals surface area contributed by atoms with E-state index in [1.165, 1.54) is 0 Å². The summed E-state index contributed by atoms with van der Waals surface area (Å²) in [5, 5.41) is 6.10. The predicted molar refractivity (Wildman–Crippen MR) is 102 cm³/mol. The van der Waals surface area contributed by atoms with E-state index in [4.69, 9.17) is 0 Å². The lowest BCUT2D eigenvalue weighted by Crippen LogP contribution is -2.23. The Hall–Kier alpha value is -2.73. The fourth-order valence-electron chi connectivity index (χ4n) is 2.25. The maximum absolute atomic E-state index is 12.3. The fourth-order valence-corrected chi connectivity index (χ4v) is 2.62. The molecule has 1 aromatic carbocycles. The standard InChI is InChI=1S/C19H17BrN4O/c1-13-5-6-15(9-18(13)20)24-17-8-14(10-21-11-17)19(25)23-12-16-4-2-3-7-22-16/h2-11,24H,12H2,1H3,(H,23,25). The van der Waals surface area contributed by atoms with Crippen LogP contribution < -0.4 is 10.6 Å². The third kappa shape index (κ3) is 4.64. The lowest BCUT2D eigenvalue weighted by molar-refractivity contribution is 0.0950. The molecule has 0 spiro atoms. The van der Waals surface area contributed by atoms with Crippen molar-refractivity contribution in [3.63, 3.8) is 0 Å². The Bertz CT molecular complexity index is 884. The van der Waals surface area contributed by atoms with Gasteiger partial charge in [-0.25, -0.2) is 0 Å². The van der Waals surface area contributed by atoms with Crippen molar-refractivity contribution in [2.24, 2.45) is 0 Å². The van der Waals surface area contributed by atoms with Crippen molar-refractivity contribution in [3.05, 3.63) is 82.3 Å². The lowest BCUT2D eigenvalue weighted by atomic mass is 10.2. The molecule has 0 radical (unpaired) electrons. The van der Waals surface area contributed by atoms with Crippen molar-refractivity contribution in [2.75, 3.05) is 5.32 Å². The largest absolute Gasteiger partial charge is 0.354 e. The van der Waals surface area contributed by atoms with Gasteiger partial charge in [-0.3, -0.25) is 14.8 Å². The van der Waals surface area contributed by atoms with E-state index in [1.54, 1.807) is 24.7 Å². The Morgan fingerprint density at radius 2 is 2.00 bits per heavy atom. The van der Waals surface area contributed by atoms with Crippen LogP contribution in [0.1, 0.15) is 21.6 Å². The summed E-state index contributed by atoms with van der Waals surface area (Å²) in [4.78, 5) is 20.6. The van der Waals surface area contributed by atoms with E-state index in [0.29, 0.717) is 12.1 Å². The van der Waals surface area contributed by atoms with Gasteiger partial charge in [-0.15, -0.1) is 0 Å². The van der Waals surface area contributed by atoms with Gasteiger partial charge in [-0.05, 0) is 42.8 Å². The summed E-state index contributed by atoms with van der Waals surface area (Å²) in [5.41, 5.74) is 4.13. The molecule has 2 N–H and O–H groups in total. The van der Waals surface area contributed by atoms with Gasteiger partial charge in [-0.1, -0.05) is 28.1 Å². The van der Waals surface area contributed by atoms with Gasteiger partial charge < -0.3 is 10.6 Å². The zero-order valence-corrected chi connectivity index (χ0v) is 15.2. The molecule has 1 amide bonds. The monoisotopic (exact) mass is 396 g/mol. The summed E-state index contributed by atoms with van der Waals surface area (Å²) in [6.45, 7) is 2.41. The summed E-state index contributed by atoms with van der Waals surface area (Å²) < 4.78 is 1.02. The van der Waals surface area contributed by atoms with Gasteiger partial charge in [0.1, 0.15) is 0 Å². The molecule has 0 aliphatic carbocycles. The van der Waals surface area contributed by atoms with Crippen LogP contribution in [0, 0.1) is 6.92 Å². The number of nitrogens with one attached hydrogen (secondary N) is 2. The number of pyridine rings is 2. The first-order chi connectivity index (χ1) is 12.1. The summed E-state index contributed by atoms with van der Waals surface area (Å²) >= 11 is 3.51. The van der Waals surface area contributed by atoms with Crippen molar-refractivity contribution < 1.29 is 4.79 Å². The van der Waals surface area contributed by atoms with Crippen molar-refractivity contribution in [1.82, 2.24) is 15.3 Å². The molecule has 0 saturated carbocycles. The van der Waals surface area contributed by atoms with Gasteiger partial charge in [0.05, 0.1) is 29.7 Å². The fraction of sp³-hybridized carbons (Fsp3) is 0.105. The van der Waals surface area contributed by atoms with Crippen LogP contribution in [0.3, 0.4) is 0 Å². The zero-order valence-electron chi connectivity index (χ0n) is 13.7. The van der Waals surface area contributed by atoms with Crippen LogP contribution in [-0.4, -0.2) is 15.9 Å². The van der Waals surface area contributed by atoms with E-state index >= 15 is 0 Å². The highest BCUT2D eigenvalue weighted by Gasteiger charge is 2.08. The number of benzene rings is 1. The zero-order chi connectivity index (χ0) is 17.6. The quantitative estimate of drug-likeness (QED) is 0.677. The molecular formula is C19H17BrN4O. The van der Waals surface area contributed by atoms with Crippen LogP contribution in [0.4, 0.5) is 11.4 Å². The first kappa shape index (κ1) is 17.1. The molecular weight excluding hydrogens is 380 g/mol. The molecule has 25 heavy (non-hydrogen) atoms.